The van der Waals surface area contributed by atoms with E-state index in [4.69, 9.17) is 4.74 Å². The van der Waals surface area contributed by atoms with Crippen molar-refractivity contribution in [2.75, 3.05) is 19.7 Å². The number of hydrogen-bond acceptors (Lipinski definition) is 2. The van der Waals surface area contributed by atoms with Gasteiger partial charge in [-0.1, -0.05) is 19.3 Å². The Morgan fingerprint density at radius 2 is 1.83 bits per heavy atom. The van der Waals surface area contributed by atoms with Crippen LogP contribution in [0, 0.1) is 11.8 Å². The molecule has 1 saturated heterocycles. The van der Waals surface area contributed by atoms with Crippen molar-refractivity contribution in [2.45, 2.75) is 57.5 Å². The van der Waals surface area contributed by atoms with E-state index in [-0.39, 0.29) is 0 Å². The first kappa shape index (κ1) is 12.5. The van der Waals surface area contributed by atoms with E-state index in [9.17, 15) is 4.79 Å². The molecular weight excluding hydrogens is 226 g/mol. The SMILES string of the molecule is O=C(C1CCCCC1)N1CCC(OCC2CC2)C1. The number of hydrogen-bond donors (Lipinski definition) is 0. The number of carbonyl (C=O) groups excluding carboxylic acids is 1. The molecule has 3 heteroatoms. The van der Waals surface area contributed by atoms with E-state index in [2.05, 4.69) is 4.90 Å². The fourth-order valence-corrected chi connectivity index (χ4v) is 3.23. The molecule has 0 spiro atoms. The second-order valence-corrected chi connectivity index (χ2v) is 6.31. The molecule has 1 unspecified atom stereocenters. The van der Waals surface area contributed by atoms with Gasteiger partial charge in [-0.2, -0.15) is 0 Å². The third-order valence-corrected chi connectivity index (χ3v) is 4.68. The molecule has 2 saturated carbocycles. The molecule has 3 fully saturated rings. The molecule has 0 aromatic carbocycles. The predicted molar refractivity (Wildman–Crippen MR) is 70.2 cm³/mol. The lowest BCUT2D eigenvalue weighted by Crippen LogP contribution is -2.36. The van der Waals surface area contributed by atoms with E-state index in [0.29, 0.717) is 17.9 Å². The topological polar surface area (TPSA) is 29.5 Å². The Balaban J connectivity index is 1.43. The molecule has 1 amide bonds. The largest absolute Gasteiger partial charge is 0.376 e. The Labute approximate surface area is 110 Å². The lowest BCUT2D eigenvalue weighted by Gasteiger charge is -2.26. The van der Waals surface area contributed by atoms with Gasteiger partial charge in [0.25, 0.3) is 0 Å². The molecule has 0 aromatic rings. The molecule has 18 heavy (non-hydrogen) atoms. The van der Waals surface area contributed by atoms with Crippen LogP contribution in [0.1, 0.15) is 51.4 Å². The molecule has 3 nitrogen and oxygen atoms in total. The van der Waals surface area contributed by atoms with Gasteiger partial charge in [0, 0.05) is 25.6 Å². The van der Waals surface area contributed by atoms with Crippen molar-refractivity contribution in [1.29, 1.82) is 0 Å². The fraction of sp³-hybridized carbons (Fsp3) is 0.933. The van der Waals surface area contributed by atoms with Crippen molar-refractivity contribution in [2.24, 2.45) is 11.8 Å². The Kier molecular flexibility index (Phi) is 3.88. The summed E-state index contributed by atoms with van der Waals surface area (Å²) in [5.41, 5.74) is 0. The van der Waals surface area contributed by atoms with Crippen LogP contribution in [-0.4, -0.2) is 36.6 Å². The van der Waals surface area contributed by atoms with E-state index >= 15 is 0 Å². The van der Waals surface area contributed by atoms with E-state index in [1.807, 2.05) is 0 Å². The monoisotopic (exact) mass is 251 g/mol. The summed E-state index contributed by atoms with van der Waals surface area (Å²) in [6, 6.07) is 0. The highest BCUT2D eigenvalue weighted by molar-refractivity contribution is 5.79. The minimum atomic E-state index is 0.318. The molecule has 3 aliphatic rings. The molecule has 2 aliphatic carbocycles. The summed E-state index contributed by atoms with van der Waals surface area (Å²) >= 11 is 0. The van der Waals surface area contributed by atoms with Gasteiger partial charge >= 0.3 is 0 Å². The van der Waals surface area contributed by atoms with Crippen molar-refractivity contribution < 1.29 is 9.53 Å². The first-order valence-electron chi connectivity index (χ1n) is 7.73. The average Bonchev–Trinajstić information content (AvgIpc) is 3.14. The van der Waals surface area contributed by atoms with Crippen molar-refractivity contribution in [3.63, 3.8) is 0 Å². The van der Waals surface area contributed by atoms with Crippen LogP contribution in [0.3, 0.4) is 0 Å². The number of likely N-dealkylation sites (tertiary alicyclic amines) is 1. The summed E-state index contributed by atoms with van der Waals surface area (Å²) in [5, 5.41) is 0. The predicted octanol–water partition coefficient (Wildman–Crippen LogP) is 2.59. The van der Waals surface area contributed by atoms with Gasteiger partial charge in [0.05, 0.1) is 6.10 Å². The number of carbonyl (C=O) groups is 1. The van der Waals surface area contributed by atoms with E-state index in [1.165, 1.54) is 32.1 Å². The van der Waals surface area contributed by atoms with Gasteiger partial charge in [-0.3, -0.25) is 4.79 Å². The zero-order chi connectivity index (χ0) is 12.4. The fourth-order valence-electron chi connectivity index (χ4n) is 3.23. The van der Waals surface area contributed by atoms with Crippen molar-refractivity contribution >= 4 is 5.91 Å². The van der Waals surface area contributed by atoms with Crippen LogP contribution >= 0.6 is 0 Å². The third-order valence-electron chi connectivity index (χ3n) is 4.68. The Morgan fingerprint density at radius 3 is 2.56 bits per heavy atom. The molecule has 0 bridgehead atoms. The van der Waals surface area contributed by atoms with Crippen LogP contribution in [0.2, 0.25) is 0 Å². The smallest absolute Gasteiger partial charge is 0.225 e. The molecule has 3 rings (SSSR count). The van der Waals surface area contributed by atoms with E-state index in [1.54, 1.807) is 0 Å². The molecule has 102 valence electrons. The lowest BCUT2D eigenvalue weighted by molar-refractivity contribution is -0.136. The van der Waals surface area contributed by atoms with Gasteiger partial charge in [-0.25, -0.2) is 0 Å². The minimum absolute atomic E-state index is 0.318. The lowest BCUT2D eigenvalue weighted by atomic mass is 9.88. The number of ether oxygens (including phenoxy) is 1. The summed E-state index contributed by atoms with van der Waals surface area (Å²) in [6.45, 7) is 2.70. The van der Waals surface area contributed by atoms with Crippen LogP contribution in [0.4, 0.5) is 0 Å². The molecular formula is C15H25NO2. The Hall–Kier alpha value is -0.570. The van der Waals surface area contributed by atoms with Gasteiger partial charge in [-0.15, -0.1) is 0 Å². The number of nitrogens with zero attached hydrogens (tertiary/aromatic N) is 1. The number of amides is 1. The van der Waals surface area contributed by atoms with Crippen LogP contribution in [0.15, 0.2) is 0 Å². The van der Waals surface area contributed by atoms with Crippen molar-refractivity contribution in [3.8, 4) is 0 Å². The summed E-state index contributed by atoms with van der Waals surface area (Å²) in [7, 11) is 0. The second kappa shape index (κ2) is 5.60. The third kappa shape index (κ3) is 3.05. The number of rotatable bonds is 4. The van der Waals surface area contributed by atoms with Gasteiger partial charge in [0.15, 0.2) is 0 Å². The summed E-state index contributed by atoms with van der Waals surface area (Å²) in [5.74, 6) is 1.56. The Morgan fingerprint density at radius 1 is 1.06 bits per heavy atom. The molecule has 0 aromatic heterocycles. The molecule has 1 aliphatic heterocycles. The standard InChI is InChI=1S/C15H25NO2/c17-15(13-4-2-1-3-5-13)16-9-8-14(10-16)18-11-12-6-7-12/h12-14H,1-11H2. The molecule has 1 heterocycles. The summed E-state index contributed by atoms with van der Waals surface area (Å²) in [6.07, 6.45) is 10.1. The van der Waals surface area contributed by atoms with E-state index < -0.39 is 0 Å². The highest BCUT2D eigenvalue weighted by Gasteiger charge is 2.32. The van der Waals surface area contributed by atoms with Gasteiger partial charge in [0.2, 0.25) is 5.91 Å². The summed E-state index contributed by atoms with van der Waals surface area (Å²) in [4.78, 5) is 14.4. The van der Waals surface area contributed by atoms with Crippen LogP contribution < -0.4 is 0 Å². The first-order valence-corrected chi connectivity index (χ1v) is 7.73. The van der Waals surface area contributed by atoms with Gasteiger partial charge in [0.1, 0.15) is 0 Å². The molecule has 0 N–H and O–H groups in total. The maximum atomic E-state index is 12.4. The quantitative estimate of drug-likeness (QED) is 0.768. The molecule has 1 atom stereocenters. The molecule has 0 radical (unpaired) electrons. The van der Waals surface area contributed by atoms with Crippen molar-refractivity contribution in [3.05, 3.63) is 0 Å². The zero-order valence-corrected chi connectivity index (χ0v) is 11.3. The minimum Gasteiger partial charge on any atom is -0.376 e. The van der Waals surface area contributed by atoms with Gasteiger partial charge in [-0.05, 0) is 38.0 Å². The normalized spacial score (nSPS) is 29.8. The van der Waals surface area contributed by atoms with Crippen LogP contribution in [0.5, 0.6) is 0 Å². The highest BCUT2D eigenvalue weighted by Crippen LogP contribution is 2.31. The van der Waals surface area contributed by atoms with Crippen LogP contribution in [0.25, 0.3) is 0 Å². The Bertz CT molecular complexity index is 295. The van der Waals surface area contributed by atoms with Gasteiger partial charge < -0.3 is 9.64 Å². The maximum Gasteiger partial charge on any atom is 0.225 e. The van der Waals surface area contributed by atoms with Crippen molar-refractivity contribution in [1.82, 2.24) is 4.90 Å². The maximum absolute atomic E-state index is 12.4. The van der Waals surface area contributed by atoms with Crippen LogP contribution in [-0.2, 0) is 9.53 Å². The average molecular weight is 251 g/mol. The second-order valence-electron chi connectivity index (χ2n) is 6.31. The highest BCUT2D eigenvalue weighted by atomic mass is 16.5. The summed E-state index contributed by atoms with van der Waals surface area (Å²) < 4.78 is 5.90. The van der Waals surface area contributed by atoms with E-state index in [0.717, 1.165) is 44.9 Å². The zero-order valence-electron chi connectivity index (χ0n) is 11.3. The first-order chi connectivity index (χ1) is 8.83.